The molecule has 146 valence electrons. The predicted octanol–water partition coefficient (Wildman–Crippen LogP) is 3.57. The molecule has 1 aliphatic rings. The van der Waals surface area contributed by atoms with Gasteiger partial charge in [0.25, 0.3) is 5.91 Å². The van der Waals surface area contributed by atoms with Crippen molar-refractivity contribution >= 4 is 29.2 Å². The number of amides is 2. The van der Waals surface area contributed by atoms with E-state index in [0.29, 0.717) is 23.4 Å². The summed E-state index contributed by atoms with van der Waals surface area (Å²) in [4.78, 5) is 37.7. The first-order valence-electron chi connectivity index (χ1n) is 9.36. The summed E-state index contributed by atoms with van der Waals surface area (Å²) in [7, 11) is 1.70. The number of anilines is 2. The molecule has 28 heavy (non-hydrogen) atoms. The fraction of sp³-hybridized carbons (Fsp3) is 0.318. The Hall–Kier alpha value is -3.15. The monoisotopic (exact) mass is 380 g/mol. The van der Waals surface area contributed by atoms with Crippen LogP contribution in [0.5, 0.6) is 0 Å². The number of hydrogen-bond acceptors (Lipinski definition) is 3. The minimum absolute atomic E-state index is 0.0390. The fourth-order valence-corrected chi connectivity index (χ4v) is 3.04. The van der Waals surface area contributed by atoms with Gasteiger partial charge in [-0.1, -0.05) is 31.2 Å². The molecule has 2 aromatic rings. The molecule has 6 nitrogen and oxygen atoms in total. The molecule has 2 aromatic carbocycles. The van der Waals surface area contributed by atoms with E-state index in [1.807, 2.05) is 12.1 Å². The summed E-state index contributed by atoms with van der Waals surface area (Å²) in [6.07, 6.45) is 2.25. The van der Waals surface area contributed by atoms with E-state index in [1.165, 1.54) is 0 Å². The number of benzene rings is 2. The van der Waals surface area contributed by atoms with Crippen LogP contribution in [-0.4, -0.2) is 29.9 Å². The van der Waals surface area contributed by atoms with Crippen molar-refractivity contribution in [1.82, 2.24) is 0 Å². The number of rotatable bonds is 7. The van der Waals surface area contributed by atoms with Gasteiger partial charge in [-0.2, -0.15) is 0 Å². The third-order valence-corrected chi connectivity index (χ3v) is 4.94. The second kappa shape index (κ2) is 8.25. The van der Waals surface area contributed by atoms with E-state index in [-0.39, 0.29) is 17.7 Å². The number of hydrogen-bond donors (Lipinski definition) is 2. The summed E-state index contributed by atoms with van der Waals surface area (Å²) in [6, 6.07) is 14.2. The van der Waals surface area contributed by atoms with E-state index in [0.717, 1.165) is 18.4 Å². The zero-order chi connectivity index (χ0) is 20.3. The molecule has 2 N–H and O–H groups in total. The van der Waals surface area contributed by atoms with Crippen LogP contribution in [-0.2, 0) is 16.0 Å². The molecule has 0 radical (unpaired) electrons. The maximum absolute atomic E-state index is 12.8. The first-order valence-corrected chi connectivity index (χ1v) is 9.36. The van der Waals surface area contributed by atoms with Crippen molar-refractivity contribution in [3.8, 4) is 0 Å². The van der Waals surface area contributed by atoms with Gasteiger partial charge in [0.2, 0.25) is 5.91 Å². The average Bonchev–Trinajstić information content (AvgIpc) is 3.53. The summed E-state index contributed by atoms with van der Waals surface area (Å²) in [5, 5.41) is 11.9. The quantitative estimate of drug-likeness (QED) is 0.769. The highest BCUT2D eigenvalue weighted by Gasteiger charge is 2.33. The van der Waals surface area contributed by atoms with Crippen LogP contribution in [0.4, 0.5) is 11.4 Å². The van der Waals surface area contributed by atoms with Gasteiger partial charge in [0.1, 0.15) is 0 Å². The van der Waals surface area contributed by atoms with E-state index < -0.39 is 11.9 Å². The van der Waals surface area contributed by atoms with Crippen LogP contribution in [0.25, 0.3) is 0 Å². The largest absolute Gasteiger partial charge is 0.481 e. The zero-order valence-electron chi connectivity index (χ0n) is 16.0. The Kier molecular flexibility index (Phi) is 5.78. The van der Waals surface area contributed by atoms with Gasteiger partial charge in [0, 0.05) is 18.7 Å². The van der Waals surface area contributed by atoms with E-state index in [9.17, 15) is 14.4 Å². The molecule has 1 fully saturated rings. The molecule has 0 heterocycles. The SMILES string of the molecule is CC(Cc1ccc(NC(=O)c2ccccc2N(C)C(=O)C2CC2)cc1)C(=O)O. The Morgan fingerprint density at radius 2 is 1.75 bits per heavy atom. The van der Waals surface area contributed by atoms with Crippen LogP contribution in [0.15, 0.2) is 48.5 Å². The molecule has 0 spiro atoms. The third kappa shape index (κ3) is 4.57. The van der Waals surface area contributed by atoms with Crippen molar-refractivity contribution in [3.63, 3.8) is 0 Å². The summed E-state index contributed by atoms with van der Waals surface area (Å²) in [6.45, 7) is 1.66. The Balaban J connectivity index is 1.71. The molecule has 2 amide bonds. The molecule has 1 unspecified atom stereocenters. The molecule has 1 saturated carbocycles. The van der Waals surface area contributed by atoms with Gasteiger partial charge in [-0.15, -0.1) is 0 Å². The van der Waals surface area contributed by atoms with Crippen LogP contribution in [0, 0.1) is 11.8 Å². The van der Waals surface area contributed by atoms with Gasteiger partial charge in [0.15, 0.2) is 0 Å². The second-order valence-corrected chi connectivity index (χ2v) is 7.28. The van der Waals surface area contributed by atoms with Gasteiger partial charge < -0.3 is 15.3 Å². The highest BCUT2D eigenvalue weighted by molar-refractivity contribution is 6.10. The minimum Gasteiger partial charge on any atom is -0.481 e. The number of nitrogens with one attached hydrogen (secondary N) is 1. The zero-order valence-corrected chi connectivity index (χ0v) is 16.0. The number of carboxylic acid groups (broad SMARTS) is 1. The lowest BCUT2D eigenvalue weighted by Gasteiger charge is -2.20. The lowest BCUT2D eigenvalue weighted by molar-refractivity contribution is -0.141. The van der Waals surface area contributed by atoms with Crippen molar-refractivity contribution in [2.24, 2.45) is 11.8 Å². The lowest BCUT2D eigenvalue weighted by Crippen LogP contribution is -2.29. The third-order valence-electron chi connectivity index (χ3n) is 4.94. The molecule has 0 saturated heterocycles. The molecular formula is C22H24N2O4. The van der Waals surface area contributed by atoms with Crippen LogP contribution >= 0.6 is 0 Å². The van der Waals surface area contributed by atoms with E-state index in [1.54, 1.807) is 55.3 Å². The Labute approximate surface area is 164 Å². The normalized spacial score (nSPS) is 14.2. The average molecular weight is 380 g/mol. The molecule has 6 heteroatoms. The Morgan fingerprint density at radius 3 is 2.36 bits per heavy atom. The van der Waals surface area contributed by atoms with Crippen molar-refractivity contribution < 1.29 is 19.5 Å². The van der Waals surface area contributed by atoms with Gasteiger partial charge >= 0.3 is 5.97 Å². The minimum atomic E-state index is -0.834. The summed E-state index contributed by atoms with van der Waals surface area (Å²) in [5.41, 5.74) is 2.53. The molecule has 0 bridgehead atoms. The van der Waals surface area contributed by atoms with Crippen LogP contribution in [0.1, 0.15) is 35.7 Å². The molecule has 0 aromatic heterocycles. The summed E-state index contributed by atoms with van der Waals surface area (Å²) in [5.74, 6) is -1.48. The first-order chi connectivity index (χ1) is 13.4. The number of carbonyl (C=O) groups is 3. The molecule has 1 aliphatic carbocycles. The molecule has 0 aliphatic heterocycles. The van der Waals surface area contributed by atoms with E-state index in [4.69, 9.17) is 5.11 Å². The molecule has 3 rings (SSSR count). The standard InChI is InChI=1S/C22H24N2O4/c1-14(22(27)28)13-15-7-11-17(12-8-15)23-20(25)18-5-3-4-6-19(18)24(2)21(26)16-9-10-16/h3-8,11-12,14,16H,9-10,13H2,1-2H3,(H,23,25)(H,27,28). The van der Waals surface area contributed by atoms with Crippen molar-refractivity contribution in [1.29, 1.82) is 0 Å². The highest BCUT2D eigenvalue weighted by Crippen LogP contribution is 2.33. The van der Waals surface area contributed by atoms with E-state index >= 15 is 0 Å². The number of carbonyl (C=O) groups excluding carboxylic acids is 2. The van der Waals surface area contributed by atoms with Gasteiger partial charge in [-0.3, -0.25) is 14.4 Å². The van der Waals surface area contributed by atoms with Crippen LogP contribution in [0.2, 0.25) is 0 Å². The van der Waals surface area contributed by atoms with Crippen LogP contribution < -0.4 is 10.2 Å². The maximum Gasteiger partial charge on any atom is 0.306 e. The maximum atomic E-state index is 12.8. The molecule has 1 atom stereocenters. The van der Waals surface area contributed by atoms with Crippen molar-refractivity contribution in [2.75, 3.05) is 17.3 Å². The van der Waals surface area contributed by atoms with Gasteiger partial charge in [-0.05, 0) is 49.1 Å². The van der Waals surface area contributed by atoms with Crippen LogP contribution in [0.3, 0.4) is 0 Å². The highest BCUT2D eigenvalue weighted by atomic mass is 16.4. The topological polar surface area (TPSA) is 86.7 Å². The smallest absolute Gasteiger partial charge is 0.306 e. The number of aliphatic carboxylic acids is 1. The fourth-order valence-electron chi connectivity index (χ4n) is 3.04. The van der Waals surface area contributed by atoms with Gasteiger partial charge in [-0.25, -0.2) is 0 Å². The summed E-state index contributed by atoms with van der Waals surface area (Å²) >= 11 is 0. The number of para-hydroxylation sites is 1. The van der Waals surface area contributed by atoms with Crippen molar-refractivity contribution in [3.05, 3.63) is 59.7 Å². The lowest BCUT2D eigenvalue weighted by atomic mass is 10.0. The Morgan fingerprint density at radius 1 is 1.11 bits per heavy atom. The van der Waals surface area contributed by atoms with Gasteiger partial charge in [0.05, 0.1) is 17.2 Å². The van der Waals surface area contributed by atoms with E-state index in [2.05, 4.69) is 5.32 Å². The molecular weight excluding hydrogens is 356 g/mol. The number of nitrogens with zero attached hydrogens (tertiary/aromatic N) is 1. The number of carboxylic acids is 1. The first kappa shape index (κ1) is 19.6. The van der Waals surface area contributed by atoms with Crippen molar-refractivity contribution in [2.45, 2.75) is 26.2 Å². The summed E-state index contributed by atoms with van der Waals surface area (Å²) < 4.78 is 0. The Bertz CT molecular complexity index is 888. The second-order valence-electron chi connectivity index (χ2n) is 7.28. The predicted molar refractivity (Wildman–Crippen MR) is 107 cm³/mol.